The molecule has 1 aliphatic rings. The van der Waals surface area contributed by atoms with Gasteiger partial charge in [-0.15, -0.1) is 0 Å². The molecular weight excluding hydrogens is 872 g/mol. The molecule has 67 heavy (non-hydrogen) atoms. The molecule has 3 rings (SSSR count). The molecule has 1 atom stereocenters. The number of unbranched alkanes of at least 4 members (excludes halogenated alkanes) is 18. The fraction of sp³-hybridized carbons (Fsp3) is 0.647. The van der Waals surface area contributed by atoms with Crippen LogP contribution in [0.1, 0.15) is 173 Å². The average molecular weight is 953 g/mol. The minimum Gasteiger partial charge on any atom is -0.469 e. The van der Waals surface area contributed by atoms with Crippen LogP contribution in [0.2, 0.25) is 0 Å². The zero-order valence-electron chi connectivity index (χ0n) is 40.7. The normalized spacial score (nSPS) is 13.3. The first kappa shape index (κ1) is 60.2. The van der Waals surface area contributed by atoms with E-state index >= 15 is 0 Å². The number of hydrogen-bond donors (Lipinski definition) is 0. The monoisotopic (exact) mass is 953 g/mol. The summed E-state index contributed by atoms with van der Waals surface area (Å²) in [5.41, 5.74) is 16.6. The fourth-order valence-corrected chi connectivity index (χ4v) is 7.74. The molecule has 0 aliphatic carbocycles. The number of carbonyl (C=O) groups excluding carboxylic acids is 2. The molecule has 0 saturated carbocycles. The molecule has 2 aromatic rings. The van der Waals surface area contributed by atoms with E-state index in [-0.39, 0.29) is 18.2 Å². The van der Waals surface area contributed by atoms with Gasteiger partial charge in [-0.05, 0) is 132 Å². The largest absolute Gasteiger partial charge is 0.525 e. The first-order valence-corrected chi connectivity index (χ1v) is 26.2. The van der Waals surface area contributed by atoms with Crippen LogP contribution in [0.5, 0.6) is 11.5 Å². The van der Waals surface area contributed by atoms with Crippen LogP contribution >= 0.6 is 7.75 Å². The second kappa shape index (κ2) is 45.0. The highest BCUT2D eigenvalue weighted by Gasteiger charge is 2.26. The van der Waals surface area contributed by atoms with Crippen LogP contribution in [0.4, 0.5) is 0 Å². The minimum absolute atomic E-state index is 0.0622. The lowest BCUT2D eigenvalue weighted by molar-refractivity contribution is -0.162. The molecule has 0 spiro atoms. The summed E-state index contributed by atoms with van der Waals surface area (Å²) in [6, 6.07) is 16.8. The minimum atomic E-state index is -3.95. The van der Waals surface area contributed by atoms with E-state index in [0.717, 1.165) is 77.4 Å². The van der Waals surface area contributed by atoms with Crippen molar-refractivity contribution in [2.75, 3.05) is 34.0 Å². The van der Waals surface area contributed by atoms with Crippen molar-refractivity contribution in [3.63, 3.8) is 0 Å². The van der Waals surface area contributed by atoms with Crippen LogP contribution in [0, 0.1) is 0 Å². The summed E-state index contributed by atoms with van der Waals surface area (Å²) in [4.78, 5) is 30.3. The average Bonchev–Trinajstić information content (AvgIpc) is 3.34. The van der Waals surface area contributed by atoms with Crippen LogP contribution in [-0.2, 0) is 33.1 Å². The van der Waals surface area contributed by atoms with Gasteiger partial charge in [0.15, 0.2) is 6.29 Å². The summed E-state index contributed by atoms with van der Waals surface area (Å²) in [6.07, 6.45) is 39.8. The molecule has 0 radical (unpaired) electrons. The quantitative estimate of drug-likeness (QED) is 0.0121. The third-order valence-electron chi connectivity index (χ3n) is 10.5. The van der Waals surface area contributed by atoms with E-state index in [1.54, 1.807) is 60.7 Å². The molecule has 1 unspecified atom stereocenters. The van der Waals surface area contributed by atoms with Gasteiger partial charge in [-0.2, -0.15) is 0 Å². The van der Waals surface area contributed by atoms with Gasteiger partial charge in [0.25, 0.3) is 0 Å². The lowest BCUT2D eigenvalue weighted by Crippen LogP contribution is -2.22. The van der Waals surface area contributed by atoms with Gasteiger partial charge in [0.2, 0.25) is 0 Å². The Bertz CT molecular complexity index is 1660. The van der Waals surface area contributed by atoms with Gasteiger partial charge >= 0.3 is 19.7 Å². The molecule has 0 amide bonds. The van der Waals surface area contributed by atoms with E-state index in [0.29, 0.717) is 30.9 Å². The highest BCUT2D eigenvalue weighted by atomic mass is 31.2. The SMILES string of the molecule is COC(=O)CCCCCCCCC/C=C\CCCCN=[N+]=[N-].COC(=O)CCCCCCCCC/C=C\CCCCOC1CCCCO1.[N-]=[N+]=NP(=O)(Oc1ccccc1)Oc1ccccc1. The molecule has 374 valence electrons. The van der Waals surface area contributed by atoms with Crippen molar-refractivity contribution in [1.29, 1.82) is 0 Å². The summed E-state index contributed by atoms with van der Waals surface area (Å²) in [5, 5.41) is 3.51. The fourth-order valence-electron chi connectivity index (χ4n) is 6.75. The molecule has 1 fully saturated rings. The predicted octanol–water partition coefficient (Wildman–Crippen LogP) is 16.2. The Balaban J connectivity index is 0.000000508. The third-order valence-corrected chi connectivity index (χ3v) is 11.7. The Morgan fingerprint density at radius 2 is 1.04 bits per heavy atom. The Morgan fingerprint density at radius 1 is 0.612 bits per heavy atom. The summed E-state index contributed by atoms with van der Waals surface area (Å²) >= 11 is 0. The van der Waals surface area contributed by atoms with Gasteiger partial charge in [-0.3, -0.25) is 9.59 Å². The number of nitrogens with zero attached hydrogens (tertiary/aromatic N) is 6. The van der Waals surface area contributed by atoms with Gasteiger partial charge < -0.3 is 28.0 Å². The van der Waals surface area contributed by atoms with Gasteiger partial charge in [0.05, 0.1) is 14.2 Å². The number of ether oxygens (including phenoxy) is 4. The first-order valence-electron chi connectivity index (χ1n) is 24.7. The van der Waals surface area contributed by atoms with Gasteiger partial charge in [0, 0.05) is 47.3 Å². The van der Waals surface area contributed by atoms with Crippen LogP contribution in [0.3, 0.4) is 0 Å². The Kier molecular flexibility index (Phi) is 40.5. The molecular formula is C51H81N6O9P. The molecule has 2 aromatic carbocycles. The number of carbonyl (C=O) groups is 2. The molecule has 1 aliphatic heterocycles. The van der Waals surface area contributed by atoms with Crippen molar-refractivity contribution < 1.29 is 42.1 Å². The zero-order valence-corrected chi connectivity index (χ0v) is 41.6. The summed E-state index contributed by atoms with van der Waals surface area (Å²) in [7, 11) is -1.05. The van der Waals surface area contributed by atoms with Crippen molar-refractivity contribution in [3.8, 4) is 11.5 Å². The number of azide groups is 2. The van der Waals surface area contributed by atoms with Gasteiger partial charge in [-0.1, -0.05) is 130 Å². The maximum atomic E-state index is 12.3. The third kappa shape index (κ3) is 39.0. The molecule has 1 heterocycles. The van der Waals surface area contributed by atoms with Crippen molar-refractivity contribution in [2.45, 2.75) is 180 Å². The van der Waals surface area contributed by atoms with Crippen molar-refractivity contribution in [2.24, 2.45) is 10.00 Å². The summed E-state index contributed by atoms with van der Waals surface area (Å²) < 4.78 is 43.1. The van der Waals surface area contributed by atoms with E-state index in [2.05, 4.69) is 53.6 Å². The molecule has 0 N–H and O–H groups in total. The highest BCUT2D eigenvalue weighted by molar-refractivity contribution is 7.53. The Labute approximate surface area is 401 Å². The standard InChI is InChI=1S/C22H40O4.C17H31N3O2.C12H10N3O3P/c1-24-21(23)17-13-11-9-7-5-3-2-4-6-8-10-12-15-19-25-22-18-14-16-20-26-22;1-22-17(21)15-13-11-9-7-5-3-2-4-6-8-10-12-14-16-19-20-18;13-14-15-19(16,17-11-7-3-1-4-8-11)18-12-9-5-2-6-10-12/h6,8,22H,2-5,7,9-20H2,1H3;6,8H,2-5,7,9-16H2,1H3;1-10H/b2*8-6-;. The molecule has 1 saturated heterocycles. The smallest absolute Gasteiger partial charge is 0.469 e. The molecule has 15 nitrogen and oxygen atoms in total. The van der Waals surface area contributed by atoms with E-state index in [9.17, 15) is 14.2 Å². The van der Waals surface area contributed by atoms with Crippen molar-refractivity contribution in [1.82, 2.24) is 0 Å². The second-order valence-corrected chi connectivity index (χ2v) is 17.7. The Hall–Kier alpha value is -4.77. The maximum Gasteiger partial charge on any atom is 0.525 e. The second-order valence-electron chi connectivity index (χ2n) is 16.2. The number of allylic oxidation sites excluding steroid dienone is 4. The number of para-hydroxylation sites is 2. The molecule has 0 bridgehead atoms. The Morgan fingerprint density at radius 3 is 1.46 bits per heavy atom. The van der Waals surface area contributed by atoms with E-state index in [4.69, 9.17) is 29.6 Å². The topological polar surface area (TPSA) is 204 Å². The number of rotatable bonds is 36. The van der Waals surface area contributed by atoms with Crippen LogP contribution < -0.4 is 9.05 Å². The van der Waals surface area contributed by atoms with Crippen LogP contribution in [0.25, 0.3) is 20.9 Å². The molecule has 0 aromatic heterocycles. The summed E-state index contributed by atoms with van der Waals surface area (Å²) in [5.74, 6) is 0.426. The van der Waals surface area contributed by atoms with Crippen LogP contribution in [-0.4, -0.2) is 52.2 Å². The lowest BCUT2D eigenvalue weighted by atomic mass is 10.1. The van der Waals surface area contributed by atoms with Crippen LogP contribution in [0.15, 0.2) is 95.0 Å². The van der Waals surface area contributed by atoms with Gasteiger partial charge in [-0.25, -0.2) is 4.57 Å². The highest BCUT2D eigenvalue weighted by Crippen LogP contribution is 2.50. The van der Waals surface area contributed by atoms with E-state index in [1.165, 1.54) is 111 Å². The van der Waals surface area contributed by atoms with E-state index in [1.807, 2.05) is 0 Å². The predicted molar refractivity (Wildman–Crippen MR) is 268 cm³/mol. The lowest BCUT2D eigenvalue weighted by Gasteiger charge is -2.22. The number of esters is 2. The van der Waals surface area contributed by atoms with E-state index < -0.39 is 7.75 Å². The number of benzene rings is 2. The number of hydrogen-bond acceptors (Lipinski definition) is 10. The zero-order chi connectivity index (χ0) is 48.6. The van der Waals surface area contributed by atoms with Crippen molar-refractivity contribution >= 4 is 19.7 Å². The van der Waals surface area contributed by atoms with Gasteiger partial charge in [0.1, 0.15) is 11.5 Å². The van der Waals surface area contributed by atoms with Crippen molar-refractivity contribution in [3.05, 3.63) is 106 Å². The summed E-state index contributed by atoms with van der Waals surface area (Å²) in [6.45, 7) is 2.31. The first-order chi connectivity index (χ1) is 32.9. The number of methoxy groups -OCH3 is 2. The molecule has 16 heteroatoms. The maximum absolute atomic E-state index is 12.3.